The first-order valence-corrected chi connectivity index (χ1v) is 16.6. The second kappa shape index (κ2) is 16.7. The second-order valence-corrected chi connectivity index (χ2v) is 12.7. The Morgan fingerprint density at radius 2 is 0.735 bits per heavy atom. The van der Waals surface area contributed by atoms with E-state index in [2.05, 4.69) is 0 Å². The van der Waals surface area contributed by atoms with Crippen molar-refractivity contribution < 1.29 is 46.3 Å². The smallest absolute Gasteiger partial charge is 0.199 e. The first-order valence-electron chi connectivity index (χ1n) is 15.2. The molecule has 0 aliphatic rings. The zero-order valence-electron chi connectivity index (χ0n) is 29.0. The Morgan fingerprint density at radius 3 is 0.980 bits per heavy atom. The summed E-state index contributed by atoms with van der Waals surface area (Å²) < 4.78 is 74.6. The van der Waals surface area contributed by atoms with Crippen molar-refractivity contribution in [2.24, 2.45) is 0 Å². The highest BCUT2D eigenvalue weighted by Crippen LogP contribution is 2.40. The minimum Gasteiger partial charge on any atom is -0.497 e. The highest BCUT2D eigenvalue weighted by molar-refractivity contribution is 7.99. The van der Waals surface area contributed by atoms with Crippen LogP contribution >= 0.6 is 0 Å². The average Bonchev–Trinajstić information content (AvgIpc) is 3.14. The highest BCUT2D eigenvalue weighted by atomic mass is 32.2. The summed E-state index contributed by atoms with van der Waals surface area (Å²) in [6, 6.07) is 21.1. The molecule has 0 aromatic heterocycles. The molecule has 0 N–H and O–H groups in total. The average molecular weight is 691 g/mol. The van der Waals surface area contributed by atoms with E-state index in [1.54, 1.807) is 74.9 Å². The number of methoxy groups -OCH3 is 8. The third-order valence-electron chi connectivity index (χ3n) is 7.88. The highest BCUT2D eigenvalue weighted by Gasteiger charge is 2.27. The number of sulfone groups is 1. The van der Waals surface area contributed by atoms with Crippen molar-refractivity contribution >= 4 is 22.0 Å². The zero-order valence-corrected chi connectivity index (χ0v) is 29.8. The van der Waals surface area contributed by atoms with Gasteiger partial charge in [0.2, 0.25) is 0 Å². The Hall–Kier alpha value is -5.29. The third kappa shape index (κ3) is 8.60. The van der Waals surface area contributed by atoms with Gasteiger partial charge >= 0.3 is 0 Å². The van der Waals surface area contributed by atoms with Crippen LogP contribution in [0.25, 0.3) is 12.2 Å². The molecule has 0 bridgehead atoms. The van der Waals surface area contributed by atoms with E-state index in [-0.39, 0.29) is 22.7 Å². The van der Waals surface area contributed by atoms with E-state index in [0.29, 0.717) is 57.1 Å². The van der Waals surface area contributed by atoms with Crippen molar-refractivity contribution in [1.29, 1.82) is 0 Å². The lowest BCUT2D eigenvalue weighted by Crippen LogP contribution is -2.13. The molecule has 0 amide bonds. The lowest BCUT2D eigenvalue weighted by atomic mass is 10.1. The first kappa shape index (κ1) is 36.5. The lowest BCUT2D eigenvalue weighted by Gasteiger charge is -2.18. The second-order valence-electron chi connectivity index (χ2n) is 10.7. The lowest BCUT2D eigenvalue weighted by molar-refractivity contribution is 0.374. The molecule has 0 saturated carbocycles. The summed E-state index contributed by atoms with van der Waals surface area (Å²) in [6.07, 6.45) is 3.25. The molecule has 0 aliphatic heterocycles. The van der Waals surface area contributed by atoms with Gasteiger partial charge in [-0.2, -0.15) is 0 Å². The molecule has 0 radical (unpaired) electrons. The molecular weight excluding hydrogens is 648 g/mol. The molecule has 4 aromatic rings. The normalized spacial score (nSPS) is 11.8. The van der Waals surface area contributed by atoms with Crippen molar-refractivity contribution in [2.45, 2.75) is 12.8 Å². The van der Waals surface area contributed by atoms with Gasteiger partial charge in [-0.25, -0.2) is 8.42 Å². The quantitative estimate of drug-likeness (QED) is 0.122. The van der Waals surface area contributed by atoms with E-state index in [4.69, 9.17) is 37.9 Å². The third-order valence-corrected chi connectivity index (χ3v) is 9.79. The maximum atomic E-state index is 15.1. The monoisotopic (exact) mass is 690 g/mol. The van der Waals surface area contributed by atoms with Crippen molar-refractivity contribution in [3.63, 3.8) is 0 Å². The van der Waals surface area contributed by atoms with Crippen LogP contribution in [-0.2, 0) is 22.7 Å². The van der Waals surface area contributed by atoms with Crippen LogP contribution in [0.2, 0.25) is 0 Å². The Labute approximate surface area is 288 Å². The van der Waals surface area contributed by atoms with Crippen LogP contribution in [0.1, 0.15) is 22.3 Å². The Kier molecular flexibility index (Phi) is 12.5. The largest absolute Gasteiger partial charge is 0.497 e. The van der Waals surface area contributed by atoms with Crippen LogP contribution in [0.15, 0.2) is 82.6 Å². The molecule has 0 spiro atoms. The van der Waals surface area contributed by atoms with Gasteiger partial charge in [-0.05, 0) is 47.5 Å². The molecule has 0 unspecified atom stereocenters. The summed E-state index contributed by atoms with van der Waals surface area (Å²) >= 11 is 0. The Bertz CT molecular complexity index is 1710. The summed E-state index contributed by atoms with van der Waals surface area (Å²) in [4.78, 5) is 0.177. The zero-order chi connectivity index (χ0) is 35.6. The standard InChI is InChI=1S/C38H42O10S/c1-41-27-13-9-25(10-14-27)17-31(23-33-35(45-5)19-29(43-3)20-36(33)46-6)49(39,40)32(18-26-11-15-28(42-2)16-12-26)24-34-37(47-7)21-30(44-4)22-38(34)48-8/h9-16,19-24H,17-18H2,1-8H3. The van der Waals surface area contributed by atoms with Gasteiger partial charge in [0.05, 0.1) is 77.8 Å². The van der Waals surface area contributed by atoms with E-state index in [1.165, 1.54) is 42.7 Å². The molecule has 49 heavy (non-hydrogen) atoms. The summed E-state index contributed by atoms with van der Waals surface area (Å²) in [5.74, 6) is 3.77. The van der Waals surface area contributed by atoms with Crippen LogP contribution in [0.4, 0.5) is 0 Å². The molecule has 11 heteroatoms. The number of rotatable bonds is 16. The number of allylic oxidation sites excluding steroid dienone is 2. The predicted octanol–water partition coefficient (Wildman–Crippen LogP) is 7.04. The Morgan fingerprint density at radius 1 is 0.449 bits per heavy atom. The van der Waals surface area contributed by atoms with E-state index in [9.17, 15) is 0 Å². The molecular formula is C38H42O10S. The fourth-order valence-corrected chi connectivity index (χ4v) is 6.77. The van der Waals surface area contributed by atoms with Gasteiger partial charge in [-0.1, -0.05) is 24.3 Å². The van der Waals surface area contributed by atoms with Crippen molar-refractivity contribution in [3.05, 3.63) is 105 Å². The summed E-state index contributed by atoms with van der Waals surface area (Å²) in [5.41, 5.74) is 2.35. The first-order chi connectivity index (χ1) is 23.6. The molecule has 4 aromatic carbocycles. The van der Waals surface area contributed by atoms with Gasteiger partial charge in [-0.15, -0.1) is 0 Å². The van der Waals surface area contributed by atoms with Gasteiger partial charge in [0.1, 0.15) is 46.0 Å². The molecule has 260 valence electrons. The minimum absolute atomic E-state index is 0.0432. The molecule has 4 rings (SSSR count). The molecule has 0 fully saturated rings. The number of hydrogen-bond acceptors (Lipinski definition) is 10. The van der Waals surface area contributed by atoms with Crippen LogP contribution in [0.5, 0.6) is 46.0 Å². The van der Waals surface area contributed by atoms with Crippen molar-refractivity contribution in [2.75, 3.05) is 56.9 Å². The van der Waals surface area contributed by atoms with Gasteiger partial charge < -0.3 is 37.9 Å². The molecule has 0 atom stereocenters. The number of benzene rings is 4. The predicted molar refractivity (Wildman–Crippen MR) is 190 cm³/mol. The molecule has 10 nitrogen and oxygen atoms in total. The number of hydrogen-bond donors (Lipinski definition) is 0. The minimum atomic E-state index is -4.24. The van der Waals surface area contributed by atoms with Crippen LogP contribution in [0, 0.1) is 0 Å². The summed E-state index contributed by atoms with van der Waals surface area (Å²) in [7, 11) is 7.96. The van der Waals surface area contributed by atoms with E-state index >= 15 is 8.42 Å². The Balaban J connectivity index is 2.03. The van der Waals surface area contributed by atoms with Crippen LogP contribution in [-0.4, -0.2) is 65.3 Å². The molecule has 0 heterocycles. The van der Waals surface area contributed by atoms with Gasteiger partial charge in [0.15, 0.2) is 9.84 Å². The van der Waals surface area contributed by atoms with Crippen molar-refractivity contribution in [1.82, 2.24) is 0 Å². The SMILES string of the molecule is COc1ccc(CC(=Cc2c(OC)cc(OC)cc2OC)S(=O)(=O)C(=Cc2c(OC)cc(OC)cc2OC)Cc2ccc(OC)cc2)cc1. The van der Waals surface area contributed by atoms with Crippen LogP contribution < -0.4 is 37.9 Å². The molecule has 0 saturated heterocycles. The van der Waals surface area contributed by atoms with E-state index < -0.39 is 9.84 Å². The van der Waals surface area contributed by atoms with E-state index in [1.807, 2.05) is 24.3 Å². The fraction of sp³-hybridized carbons (Fsp3) is 0.263. The maximum absolute atomic E-state index is 15.1. The van der Waals surface area contributed by atoms with Crippen molar-refractivity contribution in [3.8, 4) is 46.0 Å². The number of ether oxygens (including phenoxy) is 8. The molecule has 0 aliphatic carbocycles. The summed E-state index contributed by atoms with van der Waals surface area (Å²) in [5, 5.41) is 0. The summed E-state index contributed by atoms with van der Waals surface area (Å²) in [6.45, 7) is 0. The maximum Gasteiger partial charge on any atom is 0.199 e. The van der Waals surface area contributed by atoms with Gasteiger partial charge in [0.25, 0.3) is 0 Å². The fourth-order valence-electron chi connectivity index (χ4n) is 5.18. The van der Waals surface area contributed by atoms with Gasteiger partial charge in [-0.3, -0.25) is 0 Å². The van der Waals surface area contributed by atoms with Crippen LogP contribution in [0.3, 0.4) is 0 Å². The topological polar surface area (TPSA) is 108 Å². The van der Waals surface area contributed by atoms with Gasteiger partial charge in [0, 0.05) is 37.1 Å². The van der Waals surface area contributed by atoms with E-state index in [0.717, 1.165) is 11.1 Å².